The fraction of sp³-hybridized carbons (Fsp3) is 0.743. The van der Waals surface area contributed by atoms with Crippen molar-refractivity contribution in [2.24, 2.45) is 46.3 Å². The van der Waals surface area contributed by atoms with Crippen molar-refractivity contribution in [2.45, 2.75) is 109 Å². The zero-order valence-corrected chi connectivity index (χ0v) is 27.2. The Hall–Kier alpha value is -2.89. The molecule has 4 fully saturated rings. The van der Waals surface area contributed by atoms with Gasteiger partial charge in [0.1, 0.15) is 6.04 Å². The largest absolute Gasteiger partial charge is 0.504 e. The Kier molecular flexibility index (Phi) is 9.97. The van der Waals surface area contributed by atoms with Gasteiger partial charge in [-0.05, 0) is 115 Å². The second-order valence-electron chi connectivity index (χ2n) is 15.3. The molecule has 0 radical (unpaired) electrons. The third-order valence-corrected chi connectivity index (χ3v) is 12.9. The molecular formula is C35H52N2O9. The summed E-state index contributed by atoms with van der Waals surface area (Å²) < 4.78 is 0. The lowest BCUT2D eigenvalue weighted by Gasteiger charge is -2.63. The number of aliphatic hydroxyl groups is 3. The molecule has 4 saturated carbocycles. The van der Waals surface area contributed by atoms with Crippen LogP contribution < -0.4 is 10.6 Å². The van der Waals surface area contributed by atoms with Crippen LogP contribution >= 0.6 is 0 Å². The van der Waals surface area contributed by atoms with E-state index in [1.165, 1.54) is 18.2 Å². The van der Waals surface area contributed by atoms with Crippen LogP contribution in [0.5, 0.6) is 11.5 Å². The van der Waals surface area contributed by atoms with Crippen molar-refractivity contribution < 1.29 is 45.0 Å². The van der Waals surface area contributed by atoms with Crippen LogP contribution in [-0.2, 0) is 20.8 Å². The minimum absolute atomic E-state index is 0.0124. The molecule has 0 heterocycles. The van der Waals surface area contributed by atoms with Crippen LogP contribution in [0.1, 0.15) is 84.1 Å². The fourth-order valence-electron chi connectivity index (χ4n) is 10.3. The van der Waals surface area contributed by atoms with E-state index in [0.29, 0.717) is 24.8 Å². The maximum Gasteiger partial charge on any atom is 0.326 e. The highest BCUT2D eigenvalue weighted by Gasteiger charge is 2.65. The topological polar surface area (TPSA) is 197 Å². The molecule has 1 aromatic carbocycles. The molecule has 11 nitrogen and oxygen atoms in total. The van der Waals surface area contributed by atoms with Crippen molar-refractivity contribution in [2.75, 3.05) is 6.54 Å². The predicted octanol–water partition coefficient (Wildman–Crippen LogP) is 2.70. The van der Waals surface area contributed by atoms with Gasteiger partial charge in [0.05, 0.1) is 24.9 Å². The monoisotopic (exact) mass is 644 g/mol. The number of carboxylic acid groups (broad SMARTS) is 1. The van der Waals surface area contributed by atoms with Crippen LogP contribution in [0.4, 0.5) is 0 Å². The van der Waals surface area contributed by atoms with Crippen molar-refractivity contribution in [3.63, 3.8) is 0 Å². The third kappa shape index (κ3) is 6.47. The van der Waals surface area contributed by atoms with Crippen molar-refractivity contribution in [1.29, 1.82) is 0 Å². The Balaban J connectivity index is 1.13. The molecule has 2 amide bonds. The summed E-state index contributed by atoms with van der Waals surface area (Å²) in [5.41, 5.74) is 0.0567. The molecule has 6 unspecified atom stereocenters. The van der Waals surface area contributed by atoms with Gasteiger partial charge in [0, 0.05) is 12.8 Å². The molecular weight excluding hydrogens is 592 g/mol. The van der Waals surface area contributed by atoms with E-state index in [1.807, 2.05) is 0 Å². The molecule has 11 heteroatoms. The number of nitrogens with one attached hydrogen (secondary N) is 2. The van der Waals surface area contributed by atoms with Crippen LogP contribution in [0.15, 0.2) is 18.2 Å². The molecule has 12 atom stereocenters. The second kappa shape index (κ2) is 13.3. The number of aliphatic hydroxyl groups excluding tert-OH is 3. The first-order chi connectivity index (χ1) is 21.6. The second-order valence-corrected chi connectivity index (χ2v) is 15.3. The van der Waals surface area contributed by atoms with Gasteiger partial charge >= 0.3 is 5.97 Å². The standard InChI is InChI=1S/C35H52N2O9/c1-18(4-9-30(43)36-17-31(44)37-25(33(45)46)12-19-5-8-26(39)27(40)13-19)22-6-7-23-32-24(16-29(42)35(22,23)3)34(2)11-10-21(38)14-20(34)15-28(32)41/h5,8,13,18,20-25,28-29,32,38-42H,4,6-7,9-12,14-17H2,1-3H3,(H,36,43)(H,37,44)(H,45,46)/t18-,20?,21-,22?,23?,24?,25+,28?,29+,32?,34+,35-/m1/s1. The number of aromatic hydroxyl groups is 2. The predicted molar refractivity (Wildman–Crippen MR) is 168 cm³/mol. The van der Waals surface area contributed by atoms with Gasteiger partial charge in [0.25, 0.3) is 0 Å². The molecule has 4 aliphatic carbocycles. The van der Waals surface area contributed by atoms with Crippen LogP contribution in [-0.4, -0.2) is 79.3 Å². The van der Waals surface area contributed by atoms with E-state index in [1.54, 1.807) is 0 Å². The van der Waals surface area contributed by atoms with Crippen molar-refractivity contribution >= 4 is 17.8 Å². The van der Waals surface area contributed by atoms with Gasteiger partial charge in [-0.2, -0.15) is 0 Å². The maximum atomic E-state index is 12.7. The number of phenolic OH excluding ortho intramolecular Hbond substituents is 2. The number of carboxylic acids is 1. The summed E-state index contributed by atoms with van der Waals surface area (Å²) >= 11 is 0. The van der Waals surface area contributed by atoms with Gasteiger partial charge in [-0.15, -0.1) is 0 Å². The molecule has 1 aromatic rings. The zero-order chi connectivity index (χ0) is 33.6. The molecule has 256 valence electrons. The van der Waals surface area contributed by atoms with Gasteiger partial charge in [0.2, 0.25) is 11.8 Å². The average molecular weight is 645 g/mol. The number of phenols is 2. The molecule has 5 rings (SSSR count). The number of amides is 2. The maximum absolute atomic E-state index is 12.7. The number of hydrogen-bond donors (Lipinski definition) is 8. The molecule has 0 spiro atoms. The normalized spacial score (nSPS) is 38.0. The Morgan fingerprint density at radius 2 is 1.70 bits per heavy atom. The Labute approximate surface area is 270 Å². The van der Waals surface area contributed by atoms with E-state index in [4.69, 9.17) is 0 Å². The number of aliphatic carboxylic acids is 1. The summed E-state index contributed by atoms with van der Waals surface area (Å²) in [6.07, 6.45) is 5.04. The summed E-state index contributed by atoms with van der Waals surface area (Å²) in [5.74, 6) is -1.84. The number of benzene rings is 1. The number of hydrogen-bond acceptors (Lipinski definition) is 8. The number of carbonyl (C=O) groups is 3. The van der Waals surface area contributed by atoms with Crippen LogP contribution in [0, 0.1) is 46.3 Å². The highest BCUT2D eigenvalue weighted by Crippen LogP contribution is 2.68. The lowest BCUT2D eigenvalue weighted by atomic mass is 9.43. The summed E-state index contributed by atoms with van der Waals surface area (Å²) in [6.45, 7) is 6.24. The van der Waals surface area contributed by atoms with Crippen LogP contribution in [0.25, 0.3) is 0 Å². The van der Waals surface area contributed by atoms with E-state index < -0.39 is 30.1 Å². The smallest absolute Gasteiger partial charge is 0.326 e. The lowest BCUT2D eigenvalue weighted by molar-refractivity contribution is -0.207. The highest BCUT2D eigenvalue weighted by atomic mass is 16.4. The molecule has 0 bridgehead atoms. The summed E-state index contributed by atoms with van der Waals surface area (Å²) in [7, 11) is 0. The van der Waals surface area contributed by atoms with Gasteiger partial charge in [-0.3, -0.25) is 9.59 Å². The molecule has 4 aliphatic rings. The van der Waals surface area contributed by atoms with Crippen LogP contribution in [0.3, 0.4) is 0 Å². The summed E-state index contributed by atoms with van der Waals surface area (Å²) in [6, 6.07) is 2.63. The van der Waals surface area contributed by atoms with E-state index in [0.717, 1.165) is 32.1 Å². The van der Waals surface area contributed by atoms with E-state index in [-0.39, 0.29) is 89.2 Å². The van der Waals surface area contributed by atoms with Gasteiger partial charge in [-0.25, -0.2) is 4.79 Å². The quantitative estimate of drug-likeness (QED) is 0.177. The summed E-state index contributed by atoms with van der Waals surface area (Å²) in [4.78, 5) is 36.9. The number of fused-ring (bicyclic) bond motifs is 5. The molecule has 0 aromatic heterocycles. The van der Waals surface area contributed by atoms with E-state index >= 15 is 0 Å². The van der Waals surface area contributed by atoms with Crippen molar-refractivity contribution in [3.05, 3.63) is 23.8 Å². The molecule has 8 N–H and O–H groups in total. The minimum Gasteiger partial charge on any atom is -0.504 e. The fourth-order valence-corrected chi connectivity index (χ4v) is 10.3. The average Bonchev–Trinajstić information content (AvgIpc) is 3.36. The molecule has 46 heavy (non-hydrogen) atoms. The highest BCUT2D eigenvalue weighted by molar-refractivity contribution is 5.88. The lowest BCUT2D eigenvalue weighted by Crippen LogP contribution is -2.62. The first-order valence-electron chi connectivity index (χ1n) is 17.0. The van der Waals surface area contributed by atoms with Crippen LogP contribution in [0.2, 0.25) is 0 Å². The first kappa shape index (κ1) is 34.4. The SMILES string of the molecule is C[C@H](CCC(=O)NCC(=O)N[C@@H](Cc1ccc(O)c(O)c1)C(=O)O)C1CCC2C3C(O)CC4C[C@H](O)CC[C@]4(C)C3C[C@H](O)[C@@]21C. The summed E-state index contributed by atoms with van der Waals surface area (Å²) in [5, 5.41) is 67.3. The van der Waals surface area contributed by atoms with E-state index in [2.05, 4.69) is 31.4 Å². The van der Waals surface area contributed by atoms with E-state index in [9.17, 15) is 45.0 Å². The number of rotatable bonds is 10. The molecule has 0 saturated heterocycles. The van der Waals surface area contributed by atoms with Gasteiger partial charge in [-0.1, -0.05) is 26.8 Å². The Morgan fingerprint density at radius 1 is 0.957 bits per heavy atom. The third-order valence-electron chi connectivity index (χ3n) is 12.9. The zero-order valence-electron chi connectivity index (χ0n) is 27.2. The van der Waals surface area contributed by atoms with Gasteiger partial charge in [0.15, 0.2) is 11.5 Å². The first-order valence-corrected chi connectivity index (χ1v) is 17.0. The minimum atomic E-state index is -1.29. The number of carbonyl (C=O) groups excluding carboxylic acids is 2. The van der Waals surface area contributed by atoms with Gasteiger partial charge < -0.3 is 41.3 Å². The Morgan fingerprint density at radius 3 is 2.39 bits per heavy atom. The Bertz CT molecular complexity index is 1310. The van der Waals surface area contributed by atoms with Crippen molar-refractivity contribution in [3.8, 4) is 11.5 Å². The van der Waals surface area contributed by atoms with Crippen molar-refractivity contribution in [1.82, 2.24) is 10.6 Å². The molecule has 0 aliphatic heterocycles.